The van der Waals surface area contributed by atoms with E-state index in [1.807, 2.05) is 36.4 Å². The highest BCUT2D eigenvalue weighted by molar-refractivity contribution is 9.10. The normalized spacial score (nSPS) is 10.7. The molecular formula is C14H13BrN2. The SMILES string of the molecule is Cc1cccc(N/N=C\c2ccc(Br)cc2)c1. The third-order valence-corrected chi connectivity index (χ3v) is 2.82. The van der Waals surface area contributed by atoms with Crippen LogP contribution in [0.5, 0.6) is 0 Å². The van der Waals surface area contributed by atoms with Crippen molar-refractivity contribution in [1.29, 1.82) is 0 Å². The molecule has 0 atom stereocenters. The Labute approximate surface area is 110 Å². The molecule has 0 saturated carbocycles. The fourth-order valence-corrected chi connectivity index (χ4v) is 1.71. The minimum atomic E-state index is 0.998. The largest absolute Gasteiger partial charge is 0.278 e. The Balaban J connectivity index is 2.00. The maximum Gasteiger partial charge on any atom is 0.0564 e. The van der Waals surface area contributed by atoms with E-state index in [1.54, 1.807) is 6.21 Å². The fraction of sp³-hybridized carbons (Fsp3) is 0.0714. The zero-order valence-electron chi connectivity index (χ0n) is 9.52. The molecule has 0 aliphatic rings. The minimum absolute atomic E-state index is 0.998. The smallest absolute Gasteiger partial charge is 0.0564 e. The van der Waals surface area contributed by atoms with E-state index in [9.17, 15) is 0 Å². The molecule has 0 aliphatic carbocycles. The molecule has 2 aromatic rings. The Hall–Kier alpha value is -1.61. The molecule has 0 radical (unpaired) electrons. The van der Waals surface area contributed by atoms with Crippen LogP contribution in [0.15, 0.2) is 58.1 Å². The second-order valence-corrected chi connectivity index (χ2v) is 4.71. The predicted octanol–water partition coefficient (Wildman–Crippen LogP) is 4.20. The van der Waals surface area contributed by atoms with E-state index in [1.165, 1.54) is 5.56 Å². The topological polar surface area (TPSA) is 24.4 Å². The van der Waals surface area contributed by atoms with Gasteiger partial charge >= 0.3 is 0 Å². The number of aryl methyl sites for hydroxylation is 1. The zero-order chi connectivity index (χ0) is 12.1. The standard InChI is InChI=1S/C14H13BrN2/c1-11-3-2-4-14(9-11)17-16-10-12-5-7-13(15)8-6-12/h2-10,17H,1H3/b16-10-. The van der Waals surface area contributed by atoms with E-state index >= 15 is 0 Å². The van der Waals surface area contributed by atoms with E-state index < -0.39 is 0 Å². The van der Waals surface area contributed by atoms with Crippen molar-refractivity contribution >= 4 is 27.8 Å². The van der Waals surface area contributed by atoms with Crippen molar-refractivity contribution in [2.45, 2.75) is 6.92 Å². The number of hydrogen-bond donors (Lipinski definition) is 1. The number of nitrogens with zero attached hydrogens (tertiary/aromatic N) is 1. The quantitative estimate of drug-likeness (QED) is 0.664. The molecule has 0 aliphatic heterocycles. The summed E-state index contributed by atoms with van der Waals surface area (Å²) < 4.78 is 1.07. The van der Waals surface area contributed by atoms with Crippen molar-refractivity contribution in [2.75, 3.05) is 5.43 Å². The maximum atomic E-state index is 4.19. The third kappa shape index (κ3) is 3.71. The Bertz CT molecular complexity index is 518. The van der Waals surface area contributed by atoms with Crippen molar-refractivity contribution < 1.29 is 0 Å². The summed E-state index contributed by atoms with van der Waals surface area (Å²) in [7, 11) is 0. The summed E-state index contributed by atoms with van der Waals surface area (Å²) in [4.78, 5) is 0. The van der Waals surface area contributed by atoms with Crippen LogP contribution in [0.2, 0.25) is 0 Å². The molecule has 2 aromatic carbocycles. The lowest BCUT2D eigenvalue weighted by atomic mass is 10.2. The van der Waals surface area contributed by atoms with E-state index in [0.29, 0.717) is 0 Å². The minimum Gasteiger partial charge on any atom is -0.278 e. The molecule has 2 nitrogen and oxygen atoms in total. The molecule has 0 saturated heterocycles. The van der Waals surface area contributed by atoms with Gasteiger partial charge in [0.15, 0.2) is 0 Å². The van der Waals surface area contributed by atoms with Gasteiger partial charge in [0.05, 0.1) is 11.9 Å². The average Bonchev–Trinajstić information content (AvgIpc) is 2.32. The summed E-state index contributed by atoms with van der Waals surface area (Å²) in [5.74, 6) is 0. The molecule has 0 bridgehead atoms. The number of rotatable bonds is 3. The molecule has 0 heterocycles. The fourth-order valence-electron chi connectivity index (χ4n) is 1.44. The predicted molar refractivity (Wildman–Crippen MR) is 76.5 cm³/mol. The maximum absolute atomic E-state index is 4.19. The van der Waals surface area contributed by atoms with E-state index in [0.717, 1.165) is 15.7 Å². The molecular weight excluding hydrogens is 276 g/mol. The summed E-state index contributed by atoms with van der Waals surface area (Å²) in [6.45, 7) is 2.06. The second-order valence-electron chi connectivity index (χ2n) is 3.79. The van der Waals surface area contributed by atoms with Crippen LogP contribution < -0.4 is 5.43 Å². The summed E-state index contributed by atoms with van der Waals surface area (Å²) in [5.41, 5.74) is 6.28. The monoisotopic (exact) mass is 288 g/mol. The number of nitrogens with one attached hydrogen (secondary N) is 1. The van der Waals surface area contributed by atoms with Gasteiger partial charge in [-0.05, 0) is 42.3 Å². The first-order chi connectivity index (χ1) is 8.24. The Morgan fingerprint density at radius 1 is 1.12 bits per heavy atom. The van der Waals surface area contributed by atoms with Crippen molar-refractivity contribution in [3.63, 3.8) is 0 Å². The van der Waals surface area contributed by atoms with Gasteiger partial charge < -0.3 is 0 Å². The molecule has 0 amide bonds. The summed E-state index contributed by atoms with van der Waals surface area (Å²) in [5, 5.41) is 4.19. The Kier molecular flexibility index (Phi) is 3.94. The zero-order valence-corrected chi connectivity index (χ0v) is 11.1. The van der Waals surface area contributed by atoms with Gasteiger partial charge in [0.1, 0.15) is 0 Å². The first-order valence-electron chi connectivity index (χ1n) is 5.35. The second kappa shape index (κ2) is 5.64. The van der Waals surface area contributed by atoms with Crippen LogP contribution in [0.1, 0.15) is 11.1 Å². The van der Waals surface area contributed by atoms with Crippen LogP contribution in [0, 0.1) is 6.92 Å². The van der Waals surface area contributed by atoms with Crippen LogP contribution in [0.25, 0.3) is 0 Å². The molecule has 2 rings (SSSR count). The number of benzene rings is 2. The van der Waals surface area contributed by atoms with Crippen molar-refractivity contribution in [3.05, 3.63) is 64.1 Å². The average molecular weight is 289 g/mol. The highest BCUT2D eigenvalue weighted by Crippen LogP contribution is 2.10. The molecule has 3 heteroatoms. The van der Waals surface area contributed by atoms with Gasteiger partial charge in [0, 0.05) is 4.47 Å². The molecule has 0 spiro atoms. The van der Waals surface area contributed by atoms with Gasteiger partial charge in [0.2, 0.25) is 0 Å². The first kappa shape index (κ1) is 11.9. The van der Waals surface area contributed by atoms with Crippen LogP contribution in [-0.2, 0) is 0 Å². The van der Waals surface area contributed by atoms with Gasteiger partial charge in [-0.3, -0.25) is 5.43 Å². The molecule has 0 fully saturated rings. The molecule has 0 aromatic heterocycles. The third-order valence-electron chi connectivity index (χ3n) is 2.30. The van der Waals surface area contributed by atoms with Gasteiger partial charge in [0.25, 0.3) is 0 Å². The number of hydrazone groups is 1. The van der Waals surface area contributed by atoms with E-state index in [-0.39, 0.29) is 0 Å². The summed E-state index contributed by atoms with van der Waals surface area (Å²) >= 11 is 3.40. The molecule has 1 N–H and O–H groups in total. The lowest BCUT2D eigenvalue weighted by molar-refractivity contribution is 1.33. The van der Waals surface area contributed by atoms with Gasteiger partial charge in [-0.1, -0.05) is 40.2 Å². The highest BCUT2D eigenvalue weighted by Gasteiger charge is 1.90. The molecule has 86 valence electrons. The first-order valence-corrected chi connectivity index (χ1v) is 6.15. The number of anilines is 1. The van der Waals surface area contributed by atoms with Crippen LogP contribution in [-0.4, -0.2) is 6.21 Å². The van der Waals surface area contributed by atoms with Gasteiger partial charge in [-0.2, -0.15) is 5.10 Å². The number of hydrogen-bond acceptors (Lipinski definition) is 2. The Morgan fingerprint density at radius 2 is 1.88 bits per heavy atom. The summed E-state index contributed by atoms with van der Waals surface area (Å²) in [6, 6.07) is 16.1. The van der Waals surface area contributed by atoms with Crippen molar-refractivity contribution in [2.24, 2.45) is 5.10 Å². The molecule has 0 unspecified atom stereocenters. The molecule has 17 heavy (non-hydrogen) atoms. The van der Waals surface area contributed by atoms with Crippen LogP contribution in [0.4, 0.5) is 5.69 Å². The van der Waals surface area contributed by atoms with Crippen molar-refractivity contribution in [1.82, 2.24) is 0 Å². The summed E-state index contributed by atoms with van der Waals surface area (Å²) in [6.07, 6.45) is 1.80. The Morgan fingerprint density at radius 3 is 2.59 bits per heavy atom. The lowest BCUT2D eigenvalue weighted by Crippen LogP contribution is -1.90. The van der Waals surface area contributed by atoms with E-state index in [2.05, 4.69) is 45.5 Å². The van der Waals surface area contributed by atoms with Crippen LogP contribution >= 0.6 is 15.9 Å². The van der Waals surface area contributed by atoms with E-state index in [4.69, 9.17) is 0 Å². The highest BCUT2D eigenvalue weighted by atomic mass is 79.9. The van der Waals surface area contributed by atoms with Gasteiger partial charge in [-0.15, -0.1) is 0 Å². The lowest BCUT2D eigenvalue weighted by Gasteiger charge is -2.00. The van der Waals surface area contributed by atoms with Crippen LogP contribution in [0.3, 0.4) is 0 Å². The number of halogens is 1. The van der Waals surface area contributed by atoms with Crippen molar-refractivity contribution in [3.8, 4) is 0 Å². The van der Waals surface area contributed by atoms with Gasteiger partial charge in [-0.25, -0.2) is 0 Å².